The van der Waals surface area contributed by atoms with Gasteiger partial charge in [-0.05, 0) is 6.07 Å². The van der Waals surface area contributed by atoms with E-state index in [9.17, 15) is 24.9 Å². The van der Waals surface area contributed by atoms with Gasteiger partial charge >= 0.3 is 11.7 Å². The molecule has 0 amide bonds. The Balaban J connectivity index is 1.78. The SMILES string of the molecule is Nc1ccn([C@@H]2O[C@H](CO)[C@@H](O)[C@H]2NN[C@@H](Cc2cnc[nH]2)C(=O)O)c(=O)n1. The number of nitrogen functional groups attached to an aromatic ring is 1. The molecule has 1 aliphatic heterocycles. The first-order valence-electron chi connectivity index (χ1n) is 8.41. The maximum Gasteiger partial charge on any atom is 0.351 e. The van der Waals surface area contributed by atoms with E-state index in [4.69, 9.17) is 10.5 Å². The number of aromatic nitrogens is 4. The van der Waals surface area contributed by atoms with Gasteiger partial charge in [-0.1, -0.05) is 0 Å². The van der Waals surface area contributed by atoms with Crippen molar-refractivity contribution in [2.75, 3.05) is 12.3 Å². The van der Waals surface area contributed by atoms with Gasteiger partial charge in [-0.2, -0.15) is 4.98 Å². The van der Waals surface area contributed by atoms with Crippen LogP contribution in [0.5, 0.6) is 0 Å². The third-order valence-corrected chi connectivity index (χ3v) is 4.38. The average Bonchev–Trinajstić information content (AvgIpc) is 3.26. The zero-order valence-corrected chi connectivity index (χ0v) is 14.6. The van der Waals surface area contributed by atoms with Gasteiger partial charge in [0.25, 0.3) is 0 Å². The predicted molar refractivity (Wildman–Crippen MR) is 93.7 cm³/mol. The molecule has 0 bridgehead atoms. The fraction of sp³-hybridized carbons (Fsp3) is 0.467. The van der Waals surface area contributed by atoms with Crippen molar-refractivity contribution in [2.45, 2.75) is 36.9 Å². The molecule has 28 heavy (non-hydrogen) atoms. The summed E-state index contributed by atoms with van der Waals surface area (Å²) in [7, 11) is 0. The van der Waals surface area contributed by atoms with Crippen LogP contribution in [0.3, 0.4) is 0 Å². The Bertz CT molecular complexity index is 857. The Hall–Kier alpha value is -2.84. The third kappa shape index (κ3) is 4.18. The zero-order valence-electron chi connectivity index (χ0n) is 14.6. The Morgan fingerprint density at radius 1 is 1.50 bits per heavy atom. The number of hydrazine groups is 1. The van der Waals surface area contributed by atoms with Crippen LogP contribution in [0.25, 0.3) is 0 Å². The first kappa shape index (κ1) is 19.9. The molecular weight excluding hydrogens is 374 g/mol. The van der Waals surface area contributed by atoms with Gasteiger partial charge in [-0.3, -0.25) is 9.36 Å². The molecule has 1 fully saturated rings. The molecule has 3 heterocycles. The molecule has 13 nitrogen and oxygen atoms in total. The molecule has 2 aromatic rings. The molecular formula is C15H21N7O6. The third-order valence-electron chi connectivity index (χ3n) is 4.38. The van der Waals surface area contributed by atoms with Gasteiger partial charge in [0.1, 0.15) is 24.1 Å². The van der Waals surface area contributed by atoms with E-state index in [1.807, 2.05) is 0 Å². The van der Waals surface area contributed by atoms with Crippen LogP contribution in [0.15, 0.2) is 29.6 Å². The summed E-state index contributed by atoms with van der Waals surface area (Å²) >= 11 is 0. The standard InChI is InChI=1S/C15H21N7O6/c16-10-1-2-22(15(27)19-10)13-11(12(24)9(5-23)28-13)21-20-8(14(25)26)3-7-4-17-6-18-7/h1-2,4,6,8-9,11-13,20-21,23-24H,3,5H2,(H,17,18)(H,25,26)(H2,16,19,27)/t8-,9+,11+,12+,13+/m0/s1. The number of imidazole rings is 1. The van der Waals surface area contributed by atoms with Crippen molar-refractivity contribution >= 4 is 11.8 Å². The molecule has 1 saturated heterocycles. The van der Waals surface area contributed by atoms with Crippen LogP contribution in [-0.2, 0) is 16.0 Å². The highest BCUT2D eigenvalue weighted by atomic mass is 16.5. The average molecular weight is 395 g/mol. The van der Waals surface area contributed by atoms with E-state index in [1.54, 1.807) is 0 Å². The fourth-order valence-electron chi connectivity index (χ4n) is 2.92. The molecule has 2 aromatic heterocycles. The number of carboxylic acids is 1. The zero-order chi connectivity index (χ0) is 20.3. The van der Waals surface area contributed by atoms with Crippen LogP contribution in [-0.4, -0.2) is 71.7 Å². The number of aliphatic hydroxyl groups excluding tert-OH is 2. The van der Waals surface area contributed by atoms with Crippen molar-refractivity contribution in [1.82, 2.24) is 30.4 Å². The lowest BCUT2D eigenvalue weighted by Gasteiger charge is -2.25. The normalized spacial score (nSPS) is 25.6. The van der Waals surface area contributed by atoms with Crippen molar-refractivity contribution in [3.63, 3.8) is 0 Å². The predicted octanol–water partition coefficient (Wildman–Crippen LogP) is -3.04. The summed E-state index contributed by atoms with van der Waals surface area (Å²) in [4.78, 5) is 33.9. The highest BCUT2D eigenvalue weighted by Crippen LogP contribution is 2.28. The van der Waals surface area contributed by atoms with Gasteiger partial charge in [0, 0.05) is 24.5 Å². The maximum absolute atomic E-state index is 12.1. The molecule has 152 valence electrons. The molecule has 0 spiro atoms. The van der Waals surface area contributed by atoms with Gasteiger partial charge < -0.3 is 30.8 Å². The number of nitrogens with zero attached hydrogens (tertiary/aromatic N) is 3. The molecule has 0 unspecified atom stereocenters. The minimum Gasteiger partial charge on any atom is -0.480 e. The van der Waals surface area contributed by atoms with Crippen LogP contribution in [0.4, 0.5) is 5.82 Å². The van der Waals surface area contributed by atoms with Crippen LogP contribution in [0, 0.1) is 0 Å². The van der Waals surface area contributed by atoms with Crippen molar-refractivity contribution in [2.24, 2.45) is 0 Å². The summed E-state index contributed by atoms with van der Waals surface area (Å²) in [5.74, 6) is -1.12. The van der Waals surface area contributed by atoms with E-state index in [0.717, 1.165) is 4.57 Å². The van der Waals surface area contributed by atoms with E-state index in [1.165, 1.54) is 24.8 Å². The number of aliphatic hydroxyl groups is 2. The number of rotatable bonds is 8. The van der Waals surface area contributed by atoms with E-state index in [2.05, 4.69) is 25.8 Å². The quantitative estimate of drug-likeness (QED) is 0.224. The van der Waals surface area contributed by atoms with Gasteiger partial charge in [0.2, 0.25) is 0 Å². The molecule has 5 atom stereocenters. The lowest BCUT2D eigenvalue weighted by atomic mass is 10.1. The number of nitrogens with one attached hydrogen (secondary N) is 3. The summed E-state index contributed by atoms with van der Waals surface area (Å²) in [6.45, 7) is -0.497. The second-order valence-electron chi connectivity index (χ2n) is 6.27. The summed E-state index contributed by atoms with van der Waals surface area (Å²) in [5, 5.41) is 29.2. The van der Waals surface area contributed by atoms with Gasteiger partial charge in [-0.15, -0.1) is 0 Å². The van der Waals surface area contributed by atoms with Crippen LogP contribution in [0.2, 0.25) is 0 Å². The van der Waals surface area contributed by atoms with E-state index >= 15 is 0 Å². The highest BCUT2D eigenvalue weighted by molar-refractivity contribution is 5.73. The monoisotopic (exact) mass is 395 g/mol. The number of carboxylic acid groups (broad SMARTS) is 1. The van der Waals surface area contributed by atoms with Gasteiger partial charge in [0.05, 0.1) is 19.0 Å². The Morgan fingerprint density at radius 3 is 2.89 bits per heavy atom. The molecule has 1 aliphatic rings. The van der Waals surface area contributed by atoms with E-state index < -0.39 is 48.8 Å². The molecule has 13 heteroatoms. The fourth-order valence-corrected chi connectivity index (χ4v) is 2.92. The molecule has 8 N–H and O–H groups in total. The van der Waals surface area contributed by atoms with E-state index in [-0.39, 0.29) is 12.2 Å². The summed E-state index contributed by atoms with van der Waals surface area (Å²) < 4.78 is 6.65. The number of nitrogens with two attached hydrogens (primary N) is 1. The number of hydrogen-bond donors (Lipinski definition) is 7. The smallest absolute Gasteiger partial charge is 0.351 e. The number of aliphatic carboxylic acids is 1. The van der Waals surface area contributed by atoms with Gasteiger partial charge in [-0.25, -0.2) is 20.6 Å². The van der Waals surface area contributed by atoms with Gasteiger partial charge in [0.15, 0.2) is 6.23 Å². The number of anilines is 1. The Labute approximate surface area is 158 Å². The topological polar surface area (TPSA) is 201 Å². The molecule has 0 saturated carbocycles. The van der Waals surface area contributed by atoms with Crippen molar-refractivity contribution in [3.05, 3.63) is 41.0 Å². The lowest BCUT2D eigenvalue weighted by molar-refractivity contribution is -0.140. The number of ether oxygens (including phenoxy) is 1. The summed E-state index contributed by atoms with van der Waals surface area (Å²) in [6.07, 6.45) is 1.09. The number of aromatic amines is 1. The van der Waals surface area contributed by atoms with Crippen molar-refractivity contribution in [3.8, 4) is 0 Å². The first-order valence-corrected chi connectivity index (χ1v) is 8.41. The minimum atomic E-state index is -1.23. The van der Waals surface area contributed by atoms with E-state index in [0.29, 0.717) is 5.69 Å². The van der Waals surface area contributed by atoms with Crippen LogP contribution in [0.1, 0.15) is 11.9 Å². The number of H-pyrrole nitrogens is 1. The minimum absolute atomic E-state index is 0.0200. The largest absolute Gasteiger partial charge is 0.480 e. The second-order valence-corrected chi connectivity index (χ2v) is 6.27. The molecule has 0 aromatic carbocycles. The van der Waals surface area contributed by atoms with Crippen molar-refractivity contribution < 1.29 is 24.9 Å². The summed E-state index contributed by atoms with van der Waals surface area (Å²) in [5.41, 5.74) is 10.7. The first-order chi connectivity index (χ1) is 13.4. The molecule has 0 radical (unpaired) electrons. The Morgan fingerprint density at radius 2 is 2.29 bits per heavy atom. The van der Waals surface area contributed by atoms with Crippen molar-refractivity contribution in [1.29, 1.82) is 0 Å². The number of carbonyl (C=O) groups is 1. The maximum atomic E-state index is 12.1. The number of hydrogen-bond acceptors (Lipinski definition) is 10. The summed E-state index contributed by atoms with van der Waals surface area (Å²) in [6, 6.07) is -0.640. The van der Waals surface area contributed by atoms with Crippen LogP contribution < -0.4 is 22.3 Å². The lowest BCUT2D eigenvalue weighted by Crippen LogP contribution is -2.56. The molecule has 0 aliphatic carbocycles. The second kappa shape index (κ2) is 8.45. The Kier molecular flexibility index (Phi) is 6.01. The highest BCUT2D eigenvalue weighted by Gasteiger charge is 2.45. The van der Waals surface area contributed by atoms with Crippen LogP contribution >= 0.6 is 0 Å². The molecule has 3 rings (SSSR count).